The lowest BCUT2D eigenvalue weighted by atomic mass is 9.79. The molecule has 3 saturated carbocycles. The Morgan fingerprint density at radius 3 is 2.50 bits per heavy atom. The van der Waals surface area contributed by atoms with Gasteiger partial charge in [0, 0.05) is 11.1 Å². The van der Waals surface area contributed by atoms with Crippen LogP contribution in [0.4, 0.5) is 0 Å². The number of esters is 1. The molecule has 0 aliphatic heterocycles. The first kappa shape index (κ1) is 19.8. The molecule has 1 aromatic rings. The zero-order valence-electron chi connectivity index (χ0n) is 16.6. The third-order valence-corrected chi connectivity index (χ3v) is 7.65. The lowest BCUT2D eigenvalue weighted by Gasteiger charge is -2.29. The van der Waals surface area contributed by atoms with Gasteiger partial charge < -0.3 is 10.1 Å². The first-order chi connectivity index (χ1) is 13.5. The molecule has 4 atom stereocenters. The van der Waals surface area contributed by atoms with Crippen LogP contribution in [0.2, 0.25) is 5.02 Å². The molecule has 3 fully saturated rings. The van der Waals surface area contributed by atoms with Crippen LogP contribution in [0.1, 0.15) is 63.9 Å². The number of hydrogen-bond donors (Lipinski definition) is 1. The van der Waals surface area contributed by atoms with Crippen molar-refractivity contribution < 1.29 is 14.3 Å². The molecular formula is C23H30ClNO3. The maximum absolute atomic E-state index is 13.0. The summed E-state index contributed by atoms with van der Waals surface area (Å²) in [5.74, 6) is 1.72. The van der Waals surface area contributed by atoms with Crippen LogP contribution < -0.4 is 5.32 Å². The lowest BCUT2D eigenvalue weighted by Crippen LogP contribution is -2.43. The van der Waals surface area contributed by atoms with Crippen molar-refractivity contribution in [2.75, 3.05) is 6.61 Å². The van der Waals surface area contributed by atoms with Gasteiger partial charge in [0.15, 0.2) is 6.61 Å². The highest BCUT2D eigenvalue weighted by Crippen LogP contribution is 2.49. The van der Waals surface area contributed by atoms with Crippen molar-refractivity contribution in [1.82, 2.24) is 5.32 Å². The molecule has 0 unspecified atom stereocenters. The van der Waals surface area contributed by atoms with Crippen molar-refractivity contribution in [2.45, 2.75) is 69.7 Å². The summed E-state index contributed by atoms with van der Waals surface area (Å²) in [5, 5.41) is 3.73. The molecule has 4 nitrogen and oxygen atoms in total. The molecule has 0 spiro atoms. The van der Waals surface area contributed by atoms with Crippen molar-refractivity contribution in [2.24, 2.45) is 17.8 Å². The van der Waals surface area contributed by atoms with Crippen molar-refractivity contribution in [3.8, 4) is 0 Å². The van der Waals surface area contributed by atoms with Gasteiger partial charge in [-0.3, -0.25) is 9.59 Å². The number of fused-ring (bicyclic) bond motifs is 2. The minimum absolute atomic E-state index is 0.151. The summed E-state index contributed by atoms with van der Waals surface area (Å²) in [6, 6.07) is 7.60. The van der Waals surface area contributed by atoms with E-state index in [1.165, 1.54) is 25.7 Å². The van der Waals surface area contributed by atoms with Gasteiger partial charge in [0.2, 0.25) is 0 Å². The number of carbonyl (C=O) groups excluding carboxylic acids is 2. The fourth-order valence-corrected chi connectivity index (χ4v) is 6.06. The van der Waals surface area contributed by atoms with Gasteiger partial charge in [-0.05, 0) is 74.5 Å². The predicted molar refractivity (Wildman–Crippen MR) is 109 cm³/mol. The summed E-state index contributed by atoms with van der Waals surface area (Å²) in [5.41, 5.74) is 0.302. The molecule has 5 heteroatoms. The first-order valence-electron chi connectivity index (χ1n) is 10.7. The maximum Gasteiger partial charge on any atom is 0.317 e. The first-order valence-corrected chi connectivity index (χ1v) is 11.1. The molecule has 2 bridgehead atoms. The number of amides is 1. The number of hydrogen-bond acceptors (Lipinski definition) is 3. The molecule has 0 aromatic heterocycles. The van der Waals surface area contributed by atoms with E-state index in [0.29, 0.717) is 10.9 Å². The molecule has 0 saturated heterocycles. The fourth-order valence-electron chi connectivity index (χ4n) is 5.94. The topological polar surface area (TPSA) is 55.4 Å². The number of ether oxygens (including phenoxy) is 1. The van der Waals surface area contributed by atoms with E-state index in [4.69, 9.17) is 16.3 Å². The van der Waals surface area contributed by atoms with Crippen LogP contribution in [0.5, 0.6) is 0 Å². The number of carbonyl (C=O) groups is 2. The Labute approximate surface area is 172 Å². The van der Waals surface area contributed by atoms with Gasteiger partial charge in [-0.15, -0.1) is 0 Å². The normalized spacial score (nSPS) is 28.9. The summed E-state index contributed by atoms with van der Waals surface area (Å²) in [6.07, 6.45) is 8.71. The van der Waals surface area contributed by atoms with E-state index in [1.54, 1.807) is 0 Å². The zero-order chi connectivity index (χ0) is 19.7. The molecule has 4 rings (SSSR count). The number of benzene rings is 1. The highest BCUT2D eigenvalue weighted by molar-refractivity contribution is 6.30. The van der Waals surface area contributed by atoms with Crippen LogP contribution in [0.3, 0.4) is 0 Å². The van der Waals surface area contributed by atoms with Crippen molar-refractivity contribution in [3.63, 3.8) is 0 Å². The molecule has 3 aliphatic rings. The highest BCUT2D eigenvalue weighted by Gasteiger charge is 2.45. The molecule has 0 radical (unpaired) electrons. The van der Waals surface area contributed by atoms with Gasteiger partial charge in [-0.2, -0.15) is 0 Å². The highest BCUT2D eigenvalue weighted by atomic mass is 35.5. The second-order valence-corrected chi connectivity index (χ2v) is 9.50. The maximum atomic E-state index is 13.0. The molecule has 1 amide bonds. The molecule has 152 valence electrons. The standard InChI is InChI=1S/C23H30ClNO3/c1-15(20-13-16-4-5-17(20)12-16)25-21(26)14-28-22(27)23(10-2-3-11-23)18-6-8-19(24)9-7-18/h6-9,15-17,20H,2-5,10-14H2,1H3,(H,25,26)/t15-,16-,17-,20+/m1/s1. The Morgan fingerprint density at radius 2 is 1.89 bits per heavy atom. The Kier molecular flexibility index (Phi) is 5.69. The zero-order valence-corrected chi connectivity index (χ0v) is 17.3. The van der Waals surface area contributed by atoms with E-state index in [1.807, 2.05) is 24.3 Å². The average molecular weight is 404 g/mol. The SMILES string of the molecule is C[C@@H](NC(=O)COC(=O)C1(c2ccc(Cl)cc2)CCCC1)[C@@H]1C[C@@H]2CC[C@@H]1C2. The Hall–Kier alpha value is -1.55. The van der Waals surface area contributed by atoms with Crippen LogP contribution in [-0.2, 0) is 19.7 Å². The third kappa shape index (κ3) is 3.80. The summed E-state index contributed by atoms with van der Waals surface area (Å²) in [7, 11) is 0. The smallest absolute Gasteiger partial charge is 0.317 e. The minimum atomic E-state index is -0.638. The van der Waals surface area contributed by atoms with E-state index in [9.17, 15) is 9.59 Å². The fraction of sp³-hybridized carbons (Fsp3) is 0.652. The van der Waals surface area contributed by atoms with E-state index in [0.717, 1.165) is 43.1 Å². The lowest BCUT2D eigenvalue weighted by molar-refractivity contribution is -0.154. The van der Waals surface area contributed by atoms with Crippen molar-refractivity contribution >= 4 is 23.5 Å². The van der Waals surface area contributed by atoms with Crippen LogP contribution in [0.15, 0.2) is 24.3 Å². The van der Waals surface area contributed by atoms with Gasteiger partial charge in [-0.25, -0.2) is 0 Å². The monoisotopic (exact) mass is 403 g/mol. The minimum Gasteiger partial charge on any atom is -0.455 e. The quantitative estimate of drug-likeness (QED) is 0.704. The Bertz CT molecular complexity index is 726. The summed E-state index contributed by atoms with van der Waals surface area (Å²) in [6.45, 7) is 1.90. The number of halogens is 1. The summed E-state index contributed by atoms with van der Waals surface area (Å²) < 4.78 is 5.52. The second kappa shape index (κ2) is 8.06. The van der Waals surface area contributed by atoms with Gasteiger partial charge >= 0.3 is 5.97 Å². The average Bonchev–Trinajstić information content (AvgIpc) is 3.43. The van der Waals surface area contributed by atoms with E-state index < -0.39 is 5.41 Å². The largest absolute Gasteiger partial charge is 0.455 e. The van der Waals surface area contributed by atoms with Gasteiger partial charge in [0.25, 0.3) is 5.91 Å². The second-order valence-electron chi connectivity index (χ2n) is 9.07. The summed E-state index contributed by atoms with van der Waals surface area (Å²) in [4.78, 5) is 25.4. The number of rotatable bonds is 6. The molecular weight excluding hydrogens is 374 g/mol. The van der Waals surface area contributed by atoms with Crippen molar-refractivity contribution in [1.29, 1.82) is 0 Å². The molecule has 1 aromatic carbocycles. The molecule has 3 aliphatic carbocycles. The van der Waals surface area contributed by atoms with Gasteiger partial charge in [0.1, 0.15) is 0 Å². The molecule has 0 heterocycles. The van der Waals surface area contributed by atoms with E-state index in [2.05, 4.69) is 12.2 Å². The van der Waals surface area contributed by atoms with Gasteiger partial charge in [-0.1, -0.05) is 43.0 Å². The Morgan fingerprint density at radius 1 is 1.18 bits per heavy atom. The van der Waals surface area contributed by atoms with Crippen LogP contribution >= 0.6 is 11.6 Å². The van der Waals surface area contributed by atoms with Crippen molar-refractivity contribution in [3.05, 3.63) is 34.9 Å². The van der Waals surface area contributed by atoms with Crippen LogP contribution in [-0.4, -0.2) is 24.5 Å². The predicted octanol–water partition coefficient (Wildman–Crippen LogP) is 4.64. The van der Waals surface area contributed by atoms with Crippen LogP contribution in [0, 0.1) is 17.8 Å². The van der Waals surface area contributed by atoms with E-state index in [-0.39, 0.29) is 24.5 Å². The van der Waals surface area contributed by atoms with Gasteiger partial charge in [0.05, 0.1) is 5.41 Å². The molecule has 28 heavy (non-hydrogen) atoms. The Balaban J connectivity index is 1.33. The number of nitrogens with one attached hydrogen (secondary N) is 1. The van der Waals surface area contributed by atoms with Crippen LogP contribution in [0.25, 0.3) is 0 Å². The third-order valence-electron chi connectivity index (χ3n) is 7.40. The summed E-state index contributed by atoms with van der Waals surface area (Å²) >= 11 is 6.00. The van der Waals surface area contributed by atoms with E-state index >= 15 is 0 Å². The molecule has 1 N–H and O–H groups in total.